The maximum atomic E-state index is 12.2. The van der Waals surface area contributed by atoms with Crippen LogP contribution in [0.3, 0.4) is 0 Å². The lowest BCUT2D eigenvalue weighted by Crippen LogP contribution is -2.28. The summed E-state index contributed by atoms with van der Waals surface area (Å²) in [6.07, 6.45) is 1.68. The summed E-state index contributed by atoms with van der Waals surface area (Å²) < 4.78 is 29.8. The van der Waals surface area contributed by atoms with Crippen molar-refractivity contribution >= 4 is 9.84 Å². The lowest BCUT2D eigenvalue weighted by molar-refractivity contribution is 0.127. The summed E-state index contributed by atoms with van der Waals surface area (Å²) in [7, 11) is -3.13. The predicted molar refractivity (Wildman–Crippen MR) is 75.9 cm³/mol. The van der Waals surface area contributed by atoms with Gasteiger partial charge >= 0.3 is 0 Å². The van der Waals surface area contributed by atoms with E-state index in [1.807, 2.05) is 30.3 Å². The highest BCUT2D eigenvalue weighted by atomic mass is 32.2. The second kappa shape index (κ2) is 6.50. The molecule has 0 aromatic heterocycles. The van der Waals surface area contributed by atoms with Crippen LogP contribution in [0, 0.1) is 0 Å². The first kappa shape index (κ1) is 14.5. The van der Waals surface area contributed by atoms with Gasteiger partial charge in [0, 0.05) is 19.1 Å². The van der Waals surface area contributed by atoms with Crippen LogP contribution in [0.25, 0.3) is 0 Å². The Hall–Kier alpha value is -0.910. The van der Waals surface area contributed by atoms with Crippen molar-refractivity contribution in [2.75, 3.05) is 24.7 Å². The fourth-order valence-electron chi connectivity index (χ4n) is 2.46. The standard InChI is InChI=1S/C14H21NO3S/c15-9-13(12-5-2-1-3-6-12)10-19(16,17)11-14-7-4-8-18-14/h1-3,5-6,13-14H,4,7-11,15H2. The first-order valence-electron chi connectivity index (χ1n) is 6.68. The van der Waals surface area contributed by atoms with Crippen molar-refractivity contribution in [2.24, 2.45) is 5.73 Å². The molecular formula is C14H21NO3S. The maximum Gasteiger partial charge on any atom is 0.153 e. The Morgan fingerprint density at radius 3 is 2.63 bits per heavy atom. The lowest BCUT2D eigenvalue weighted by Gasteiger charge is -2.17. The van der Waals surface area contributed by atoms with Crippen LogP contribution in [0.15, 0.2) is 30.3 Å². The molecule has 1 aliphatic heterocycles. The molecule has 106 valence electrons. The highest BCUT2D eigenvalue weighted by Gasteiger charge is 2.26. The molecule has 0 amide bonds. The highest BCUT2D eigenvalue weighted by molar-refractivity contribution is 7.91. The molecule has 0 radical (unpaired) electrons. The number of hydrogen-bond donors (Lipinski definition) is 1. The summed E-state index contributed by atoms with van der Waals surface area (Å²) in [5.41, 5.74) is 6.71. The molecule has 0 spiro atoms. The number of nitrogens with two attached hydrogens (primary N) is 1. The Kier molecular flexibility index (Phi) is 4.96. The summed E-state index contributed by atoms with van der Waals surface area (Å²) >= 11 is 0. The van der Waals surface area contributed by atoms with Gasteiger partial charge in [-0.15, -0.1) is 0 Å². The van der Waals surface area contributed by atoms with E-state index in [0.717, 1.165) is 18.4 Å². The van der Waals surface area contributed by atoms with Gasteiger partial charge in [0.1, 0.15) is 0 Å². The van der Waals surface area contributed by atoms with Gasteiger partial charge in [0.2, 0.25) is 0 Å². The summed E-state index contributed by atoms with van der Waals surface area (Å²) in [5, 5.41) is 0. The Bertz CT molecular complexity index is 481. The predicted octanol–water partition coefficient (Wildman–Crippen LogP) is 1.32. The van der Waals surface area contributed by atoms with Crippen LogP contribution >= 0.6 is 0 Å². The van der Waals surface area contributed by atoms with Gasteiger partial charge in [-0.3, -0.25) is 0 Å². The summed E-state index contributed by atoms with van der Waals surface area (Å²) in [5.74, 6) is 0.0941. The van der Waals surface area contributed by atoms with Gasteiger partial charge in [-0.05, 0) is 18.4 Å². The quantitative estimate of drug-likeness (QED) is 0.855. The van der Waals surface area contributed by atoms with E-state index in [2.05, 4.69) is 0 Å². The second-order valence-corrected chi connectivity index (χ2v) is 7.21. The zero-order chi connectivity index (χ0) is 13.7. The normalized spacial score (nSPS) is 21.4. The molecule has 1 aromatic carbocycles. The Labute approximate surface area is 114 Å². The zero-order valence-corrected chi connectivity index (χ0v) is 11.8. The van der Waals surface area contributed by atoms with Crippen LogP contribution in [0.1, 0.15) is 24.3 Å². The smallest absolute Gasteiger partial charge is 0.153 e. The number of rotatable bonds is 6. The molecule has 2 rings (SSSR count). The minimum absolute atomic E-state index is 0.105. The van der Waals surface area contributed by atoms with E-state index in [0.29, 0.717) is 13.2 Å². The van der Waals surface area contributed by atoms with E-state index < -0.39 is 9.84 Å². The molecule has 0 aliphatic carbocycles. The summed E-state index contributed by atoms with van der Waals surface area (Å²) in [6.45, 7) is 1.02. The Morgan fingerprint density at radius 2 is 2.05 bits per heavy atom. The van der Waals surface area contributed by atoms with Gasteiger partial charge in [0.15, 0.2) is 9.84 Å². The minimum Gasteiger partial charge on any atom is -0.377 e. The van der Waals surface area contributed by atoms with Crippen molar-refractivity contribution in [3.63, 3.8) is 0 Å². The molecule has 2 unspecified atom stereocenters. The first-order chi connectivity index (χ1) is 9.11. The second-order valence-electron chi connectivity index (χ2n) is 5.06. The molecule has 2 N–H and O–H groups in total. The third kappa shape index (κ3) is 4.30. The van der Waals surface area contributed by atoms with E-state index in [-0.39, 0.29) is 23.5 Å². The molecule has 1 fully saturated rings. The van der Waals surface area contributed by atoms with E-state index >= 15 is 0 Å². The fourth-order valence-corrected chi connectivity index (χ4v) is 4.37. The molecular weight excluding hydrogens is 262 g/mol. The van der Waals surface area contributed by atoms with Gasteiger partial charge in [0.05, 0.1) is 17.6 Å². The molecule has 0 saturated carbocycles. The van der Waals surface area contributed by atoms with Gasteiger partial charge in [-0.25, -0.2) is 8.42 Å². The fraction of sp³-hybridized carbons (Fsp3) is 0.571. The highest BCUT2D eigenvalue weighted by Crippen LogP contribution is 2.20. The average molecular weight is 283 g/mol. The van der Waals surface area contributed by atoms with Gasteiger partial charge in [-0.1, -0.05) is 30.3 Å². The van der Waals surface area contributed by atoms with E-state index in [9.17, 15) is 8.42 Å². The average Bonchev–Trinajstić information content (AvgIpc) is 2.89. The molecule has 1 heterocycles. The van der Waals surface area contributed by atoms with E-state index in [1.54, 1.807) is 0 Å². The van der Waals surface area contributed by atoms with Gasteiger partial charge in [-0.2, -0.15) is 0 Å². The first-order valence-corrected chi connectivity index (χ1v) is 8.50. The van der Waals surface area contributed by atoms with Crippen molar-refractivity contribution in [1.82, 2.24) is 0 Å². The van der Waals surface area contributed by atoms with Crippen molar-refractivity contribution in [1.29, 1.82) is 0 Å². The van der Waals surface area contributed by atoms with Crippen LogP contribution in [0.5, 0.6) is 0 Å². The lowest BCUT2D eigenvalue weighted by atomic mass is 10.0. The van der Waals surface area contributed by atoms with Crippen LogP contribution in [0.2, 0.25) is 0 Å². The van der Waals surface area contributed by atoms with Gasteiger partial charge in [0.25, 0.3) is 0 Å². The van der Waals surface area contributed by atoms with Crippen LogP contribution in [-0.4, -0.2) is 39.2 Å². The van der Waals surface area contributed by atoms with E-state index in [1.165, 1.54) is 0 Å². The van der Waals surface area contributed by atoms with Crippen molar-refractivity contribution in [3.05, 3.63) is 35.9 Å². The van der Waals surface area contributed by atoms with Crippen molar-refractivity contribution in [2.45, 2.75) is 24.9 Å². The molecule has 1 saturated heterocycles. The summed E-state index contributed by atoms with van der Waals surface area (Å²) in [6, 6.07) is 9.59. The maximum absolute atomic E-state index is 12.2. The topological polar surface area (TPSA) is 69.4 Å². The molecule has 1 aliphatic rings. The van der Waals surface area contributed by atoms with Crippen LogP contribution < -0.4 is 5.73 Å². The number of benzene rings is 1. The summed E-state index contributed by atoms with van der Waals surface area (Å²) in [4.78, 5) is 0. The molecule has 0 bridgehead atoms. The third-order valence-corrected chi connectivity index (χ3v) is 5.26. The monoisotopic (exact) mass is 283 g/mol. The molecule has 4 nitrogen and oxygen atoms in total. The van der Waals surface area contributed by atoms with Gasteiger partial charge < -0.3 is 10.5 Å². The molecule has 5 heteroatoms. The third-order valence-electron chi connectivity index (χ3n) is 3.47. The van der Waals surface area contributed by atoms with Crippen molar-refractivity contribution in [3.8, 4) is 0 Å². The van der Waals surface area contributed by atoms with Crippen LogP contribution in [-0.2, 0) is 14.6 Å². The van der Waals surface area contributed by atoms with E-state index in [4.69, 9.17) is 10.5 Å². The SMILES string of the molecule is NCC(CS(=O)(=O)CC1CCCO1)c1ccccc1. The number of ether oxygens (including phenoxy) is 1. The molecule has 2 atom stereocenters. The van der Waals surface area contributed by atoms with Crippen molar-refractivity contribution < 1.29 is 13.2 Å². The Balaban J connectivity index is 2.00. The molecule has 1 aromatic rings. The van der Waals surface area contributed by atoms with Crippen LogP contribution in [0.4, 0.5) is 0 Å². The molecule has 19 heavy (non-hydrogen) atoms. The number of hydrogen-bond acceptors (Lipinski definition) is 4. The Morgan fingerprint density at radius 1 is 1.32 bits per heavy atom. The zero-order valence-electron chi connectivity index (χ0n) is 11.0. The largest absolute Gasteiger partial charge is 0.377 e. The number of sulfone groups is 1. The minimum atomic E-state index is -3.13.